The van der Waals surface area contributed by atoms with Gasteiger partial charge in [-0.3, -0.25) is 0 Å². The maximum Gasteiger partial charge on any atom is 0.344 e. The summed E-state index contributed by atoms with van der Waals surface area (Å²) < 4.78 is 23.0. The van der Waals surface area contributed by atoms with Gasteiger partial charge in [0.05, 0.1) is 12.3 Å². The van der Waals surface area contributed by atoms with E-state index in [-0.39, 0.29) is 21.6 Å². The fourth-order valence-corrected chi connectivity index (χ4v) is 1.48. The molecule has 0 aliphatic heterocycles. The monoisotopic (exact) mass is 310 g/mol. The molecule has 1 aromatic rings. The van der Waals surface area contributed by atoms with Crippen molar-refractivity contribution in [3.8, 4) is 5.88 Å². The number of anilines is 1. The van der Waals surface area contributed by atoms with Crippen LogP contribution >= 0.6 is 23.2 Å². The van der Waals surface area contributed by atoms with Crippen molar-refractivity contribution in [3.05, 3.63) is 16.0 Å². The molecule has 0 saturated heterocycles. The van der Waals surface area contributed by atoms with E-state index in [1.165, 1.54) is 0 Å². The van der Waals surface area contributed by atoms with E-state index in [4.69, 9.17) is 38.4 Å². The zero-order valence-electron chi connectivity index (χ0n) is 10.2. The van der Waals surface area contributed by atoms with Crippen LogP contribution in [0, 0.1) is 5.95 Å². The number of ether oxygens (including phenoxy) is 2. The van der Waals surface area contributed by atoms with E-state index in [0.29, 0.717) is 6.61 Å². The Bertz CT molecular complexity index is 472. The number of hydrogen-bond acceptors (Lipinski definition) is 5. The van der Waals surface area contributed by atoms with Crippen LogP contribution in [0.2, 0.25) is 10.0 Å². The number of carbonyl (C=O) groups is 1. The smallest absolute Gasteiger partial charge is 0.344 e. The highest BCUT2D eigenvalue weighted by molar-refractivity contribution is 6.39. The van der Waals surface area contributed by atoms with Gasteiger partial charge in [0.25, 0.3) is 0 Å². The summed E-state index contributed by atoms with van der Waals surface area (Å²) in [5.41, 5.74) is 5.26. The molecule has 0 aromatic carbocycles. The molecule has 0 fully saturated rings. The minimum absolute atomic E-state index is 0.146. The van der Waals surface area contributed by atoms with Crippen molar-refractivity contribution >= 4 is 34.9 Å². The topological polar surface area (TPSA) is 74.4 Å². The number of hydrogen-bond donors (Lipinski definition) is 1. The molecule has 1 rings (SSSR count). The van der Waals surface area contributed by atoms with Crippen molar-refractivity contribution < 1.29 is 18.7 Å². The molecule has 0 unspecified atom stereocenters. The lowest BCUT2D eigenvalue weighted by Crippen LogP contribution is -2.16. The average molecular weight is 311 g/mol. The fourth-order valence-electron chi connectivity index (χ4n) is 1.10. The molecule has 106 valence electrons. The molecule has 0 radical (unpaired) electrons. The molecule has 0 spiro atoms. The summed E-state index contributed by atoms with van der Waals surface area (Å²) in [6, 6.07) is 0. The molecule has 8 heteroatoms. The first-order valence-electron chi connectivity index (χ1n) is 5.55. The zero-order chi connectivity index (χ0) is 14.4. The highest BCUT2D eigenvalue weighted by Crippen LogP contribution is 2.35. The third kappa shape index (κ3) is 4.40. The SMILES string of the molecule is CCCCOC(=O)COc1nc(F)c(Cl)c(N)c1Cl. The van der Waals surface area contributed by atoms with Crippen LogP contribution in [0.15, 0.2) is 0 Å². The number of nitrogen functional groups attached to an aromatic ring is 1. The van der Waals surface area contributed by atoms with Gasteiger partial charge in [-0.1, -0.05) is 36.5 Å². The van der Waals surface area contributed by atoms with Crippen molar-refractivity contribution in [2.75, 3.05) is 18.9 Å². The maximum atomic E-state index is 13.2. The van der Waals surface area contributed by atoms with E-state index in [1.54, 1.807) is 0 Å². The molecule has 2 N–H and O–H groups in total. The van der Waals surface area contributed by atoms with E-state index in [9.17, 15) is 9.18 Å². The number of carbonyl (C=O) groups excluding carboxylic acids is 1. The van der Waals surface area contributed by atoms with Crippen LogP contribution in [-0.4, -0.2) is 24.2 Å². The van der Waals surface area contributed by atoms with Gasteiger partial charge >= 0.3 is 5.97 Å². The Morgan fingerprint density at radius 2 is 2.11 bits per heavy atom. The predicted molar refractivity (Wildman–Crippen MR) is 70.0 cm³/mol. The summed E-state index contributed by atoms with van der Waals surface area (Å²) >= 11 is 11.3. The molecule has 0 aliphatic carbocycles. The fraction of sp³-hybridized carbons (Fsp3) is 0.455. The Morgan fingerprint density at radius 1 is 1.42 bits per heavy atom. The Labute approximate surface area is 119 Å². The lowest BCUT2D eigenvalue weighted by molar-refractivity contribution is -0.146. The van der Waals surface area contributed by atoms with Gasteiger partial charge in [-0.15, -0.1) is 0 Å². The highest BCUT2D eigenvalue weighted by atomic mass is 35.5. The van der Waals surface area contributed by atoms with E-state index in [0.717, 1.165) is 12.8 Å². The van der Waals surface area contributed by atoms with E-state index < -0.39 is 18.5 Å². The summed E-state index contributed by atoms with van der Waals surface area (Å²) in [4.78, 5) is 14.6. The normalized spacial score (nSPS) is 10.3. The first-order chi connectivity index (χ1) is 8.97. The second-order valence-electron chi connectivity index (χ2n) is 3.61. The number of unbranched alkanes of at least 4 members (excludes halogenated alkanes) is 1. The summed E-state index contributed by atoms with van der Waals surface area (Å²) in [6.07, 6.45) is 1.66. The molecule has 0 amide bonds. The predicted octanol–water partition coefficient (Wildman–Crippen LogP) is 2.83. The quantitative estimate of drug-likeness (QED) is 0.497. The number of aromatic nitrogens is 1. The second-order valence-corrected chi connectivity index (χ2v) is 4.37. The molecule has 0 atom stereocenters. The molecule has 0 aliphatic rings. The standard InChI is InChI=1S/C11H13Cl2FN2O3/c1-2-3-4-18-6(17)5-19-11-8(13)9(15)7(12)10(14)16-11/h2-5H2,1H3,(H2,15,16). The second kappa shape index (κ2) is 7.35. The molecule has 1 aromatic heterocycles. The van der Waals surface area contributed by atoms with Gasteiger partial charge in [0.2, 0.25) is 11.8 Å². The minimum Gasteiger partial charge on any atom is -0.464 e. The average Bonchev–Trinajstić information content (AvgIpc) is 2.39. The van der Waals surface area contributed by atoms with Crippen LogP contribution in [0.1, 0.15) is 19.8 Å². The molecular formula is C11H13Cl2FN2O3. The zero-order valence-corrected chi connectivity index (χ0v) is 11.7. The van der Waals surface area contributed by atoms with E-state index in [1.807, 2.05) is 6.92 Å². The third-order valence-electron chi connectivity index (χ3n) is 2.13. The van der Waals surface area contributed by atoms with Crippen LogP contribution in [-0.2, 0) is 9.53 Å². The maximum absolute atomic E-state index is 13.2. The Balaban J connectivity index is 2.61. The van der Waals surface area contributed by atoms with Crippen LogP contribution in [0.3, 0.4) is 0 Å². The summed E-state index contributed by atoms with van der Waals surface area (Å²) in [7, 11) is 0. The number of nitrogens with two attached hydrogens (primary N) is 1. The first kappa shape index (κ1) is 15.8. The number of halogens is 3. The molecular weight excluding hydrogens is 298 g/mol. The Morgan fingerprint density at radius 3 is 2.74 bits per heavy atom. The lowest BCUT2D eigenvalue weighted by Gasteiger charge is -2.09. The first-order valence-corrected chi connectivity index (χ1v) is 6.31. The Kier molecular flexibility index (Phi) is 6.11. The van der Waals surface area contributed by atoms with Crippen LogP contribution in [0.5, 0.6) is 5.88 Å². The van der Waals surface area contributed by atoms with Crippen LogP contribution in [0.4, 0.5) is 10.1 Å². The number of nitrogens with zero attached hydrogens (tertiary/aromatic N) is 1. The van der Waals surface area contributed by atoms with Gasteiger partial charge < -0.3 is 15.2 Å². The van der Waals surface area contributed by atoms with Crippen molar-refractivity contribution in [3.63, 3.8) is 0 Å². The van der Waals surface area contributed by atoms with E-state index in [2.05, 4.69) is 4.98 Å². The molecule has 1 heterocycles. The van der Waals surface area contributed by atoms with Gasteiger partial charge in [0.15, 0.2) is 6.61 Å². The van der Waals surface area contributed by atoms with Gasteiger partial charge in [0.1, 0.15) is 10.0 Å². The minimum atomic E-state index is -1.02. The van der Waals surface area contributed by atoms with Gasteiger partial charge in [0, 0.05) is 0 Å². The molecule has 0 saturated carbocycles. The molecule has 19 heavy (non-hydrogen) atoms. The molecule has 5 nitrogen and oxygen atoms in total. The molecule has 0 bridgehead atoms. The number of esters is 1. The van der Waals surface area contributed by atoms with Gasteiger partial charge in [-0.25, -0.2) is 4.79 Å². The summed E-state index contributed by atoms with van der Waals surface area (Å²) in [6.45, 7) is 1.83. The number of rotatable bonds is 6. The van der Waals surface area contributed by atoms with Gasteiger partial charge in [-0.2, -0.15) is 9.37 Å². The van der Waals surface area contributed by atoms with Crippen LogP contribution < -0.4 is 10.5 Å². The van der Waals surface area contributed by atoms with Crippen molar-refractivity contribution in [2.24, 2.45) is 0 Å². The van der Waals surface area contributed by atoms with Crippen molar-refractivity contribution in [2.45, 2.75) is 19.8 Å². The highest BCUT2D eigenvalue weighted by Gasteiger charge is 2.17. The number of pyridine rings is 1. The third-order valence-corrected chi connectivity index (χ3v) is 2.85. The van der Waals surface area contributed by atoms with E-state index >= 15 is 0 Å². The lowest BCUT2D eigenvalue weighted by atomic mass is 10.4. The van der Waals surface area contributed by atoms with Crippen LogP contribution in [0.25, 0.3) is 0 Å². The Hall–Kier alpha value is -1.27. The van der Waals surface area contributed by atoms with Crippen molar-refractivity contribution in [1.82, 2.24) is 4.98 Å². The van der Waals surface area contributed by atoms with Crippen molar-refractivity contribution in [1.29, 1.82) is 0 Å². The summed E-state index contributed by atoms with van der Waals surface area (Å²) in [5.74, 6) is -1.91. The summed E-state index contributed by atoms with van der Waals surface area (Å²) in [5, 5.41) is -0.532. The van der Waals surface area contributed by atoms with Gasteiger partial charge in [-0.05, 0) is 6.42 Å². The largest absolute Gasteiger partial charge is 0.464 e.